The molecule has 7 heteroatoms. The van der Waals surface area contributed by atoms with Crippen molar-refractivity contribution in [3.63, 3.8) is 0 Å². The molecule has 174 valence electrons. The summed E-state index contributed by atoms with van der Waals surface area (Å²) in [6.07, 6.45) is 10.2. The first-order chi connectivity index (χ1) is 15.5. The third-order valence-corrected chi connectivity index (χ3v) is 8.30. The molecule has 1 aliphatic heterocycles. The van der Waals surface area contributed by atoms with E-state index in [-0.39, 0.29) is 12.0 Å². The molecule has 2 heterocycles. The molecular formula is C25H34Cl2N4O. The van der Waals surface area contributed by atoms with Gasteiger partial charge in [0.15, 0.2) is 5.82 Å². The normalized spacial score (nSPS) is 19.3. The zero-order valence-electron chi connectivity index (χ0n) is 18.9. The maximum absolute atomic E-state index is 10.1. The molecule has 1 saturated carbocycles. The summed E-state index contributed by atoms with van der Waals surface area (Å²) in [6, 6.07) is 5.48. The summed E-state index contributed by atoms with van der Waals surface area (Å²) in [5, 5.41) is 11.0. The van der Waals surface area contributed by atoms with Crippen LogP contribution in [0.1, 0.15) is 62.8 Å². The van der Waals surface area contributed by atoms with Crippen LogP contribution in [0.15, 0.2) is 18.2 Å². The predicted octanol–water partition coefficient (Wildman–Crippen LogP) is 5.77. The van der Waals surface area contributed by atoms with Gasteiger partial charge in [-0.2, -0.15) is 0 Å². The second kappa shape index (κ2) is 10.3. The lowest BCUT2D eigenvalue weighted by atomic mass is 9.69. The monoisotopic (exact) mass is 476 g/mol. The highest BCUT2D eigenvalue weighted by Crippen LogP contribution is 2.42. The number of aliphatic hydroxyl groups excluding tert-OH is 1. The van der Waals surface area contributed by atoms with Crippen LogP contribution in [0.5, 0.6) is 0 Å². The fraction of sp³-hybridized carbons (Fsp3) is 0.600. The van der Waals surface area contributed by atoms with E-state index >= 15 is 0 Å². The molecule has 2 aliphatic rings. The molecule has 2 fully saturated rings. The largest absolute Gasteiger partial charge is 0.390 e. The van der Waals surface area contributed by atoms with Crippen molar-refractivity contribution in [2.45, 2.75) is 64.9 Å². The number of hydrogen-bond donors (Lipinski definition) is 2. The number of piperidine rings is 1. The van der Waals surface area contributed by atoms with Crippen molar-refractivity contribution in [3.05, 3.63) is 39.6 Å². The number of benzene rings is 1. The van der Waals surface area contributed by atoms with Crippen molar-refractivity contribution in [1.29, 1.82) is 0 Å². The molecule has 5 nitrogen and oxygen atoms in total. The van der Waals surface area contributed by atoms with E-state index in [4.69, 9.17) is 38.9 Å². The third kappa shape index (κ3) is 4.91. The number of halogens is 2. The molecular weight excluding hydrogens is 443 g/mol. The van der Waals surface area contributed by atoms with E-state index in [9.17, 15) is 5.11 Å². The maximum atomic E-state index is 10.1. The van der Waals surface area contributed by atoms with Crippen molar-refractivity contribution in [2.24, 2.45) is 17.1 Å². The number of anilines is 1. The van der Waals surface area contributed by atoms with Gasteiger partial charge >= 0.3 is 0 Å². The summed E-state index contributed by atoms with van der Waals surface area (Å²) in [7, 11) is 0. The van der Waals surface area contributed by atoms with E-state index in [2.05, 4.69) is 4.90 Å². The van der Waals surface area contributed by atoms with Crippen LogP contribution in [0.3, 0.4) is 0 Å². The Hall–Kier alpha value is -1.40. The van der Waals surface area contributed by atoms with Gasteiger partial charge in [-0.05, 0) is 50.1 Å². The predicted molar refractivity (Wildman–Crippen MR) is 132 cm³/mol. The molecule has 3 N–H and O–H groups in total. The number of nitrogens with two attached hydrogens (primary N) is 1. The van der Waals surface area contributed by atoms with Gasteiger partial charge in [0.2, 0.25) is 0 Å². The zero-order valence-corrected chi connectivity index (χ0v) is 20.4. The molecule has 0 bridgehead atoms. The highest BCUT2D eigenvalue weighted by molar-refractivity contribution is 6.43. The van der Waals surface area contributed by atoms with Crippen LogP contribution < -0.4 is 10.6 Å². The van der Waals surface area contributed by atoms with E-state index < -0.39 is 0 Å². The molecule has 0 amide bonds. The van der Waals surface area contributed by atoms with Crippen molar-refractivity contribution >= 4 is 29.0 Å². The lowest BCUT2D eigenvalue weighted by molar-refractivity contribution is 0.151. The minimum Gasteiger partial charge on any atom is -0.390 e. The minimum absolute atomic E-state index is 0.172. The molecule has 32 heavy (non-hydrogen) atoms. The smallest absolute Gasteiger partial charge is 0.153 e. The number of aryl methyl sites for hydroxylation is 1. The van der Waals surface area contributed by atoms with Crippen molar-refractivity contribution in [2.75, 3.05) is 24.5 Å². The minimum atomic E-state index is -0.172. The van der Waals surface area contributed by atoms with Crippen LogP contribution >= 0.6 is 23.2 Å². The van der Waals surface area contributed by atoms with Crippen LogP contribution in [0.25, 0.3) is 11.3 Å². The molecule has 4 rings (SSSR count). The van der Waals surface area contributed by atoms with E-state index in [1.54, 1.807) is 6.07 Å². The third-order valence-electron chi connectivity index (χ3n) is 7.48. The molecule has 0 unspecified atom stereocenters. The summed E-state index contributed by atoms with van der Waals surface area (Å²) in [6.45, 7) is 4.29. The van der Waals surface area contributed by atoms with E-state index in [1.807, 2.05) is 19.1 Å². The second-order valence-electron chi connectivity index (χ2n) is 9.59. The number of aliphatic hydroxyl groups is 1. The van der Waals surface area contributed by atoms with Gasteiger partial charge in [-0.1, -0.05) is 67.4 Å². The lowest BCUT2D eigenvalue weighted by Gasteiger charge is -2.44. The molecule has 1 saturated heterocycles. The molecule has 1 aromatic carbocycles. The highest BCUT2D eigenvalue weighted by atomic mass is 35.5. The van der Waals surface area contributed by atoms with Gasteiger partial charge in [-0.25, -0.2) is 9.97 Å². The SMILES string of the molecule is Cc1nc(N2CCC(CN)(CC3CCCCC3)CC2)c(CO)nc1-c1cccc(Cl)c1Cl. The van der Waals surface area contributed by atoms with Crippen molar-refractivity contribution in [3.8, 4) is 11.3 Å². The first-order valence-electron chi connectivity index (χ1n) is 11.8. The highest BCUT2D eigenvalue weighted by Gasteiger charge is 2.37. The quantitative estimate of drug-likeness (QED) is 0.553. The van der Waals surface area contributed by atoms with E-state index in [0.29, 0.717) is 21.4 Å². The number of hydrogen-bond acceptors (Lipinski definition) is 5. The first kappa shape index (κ1) is 23.7. The average molecular weight is 477 g/mol. The fourth-order valence-corrected chi connectivity index (χ4v) is 5.92. The average Bonchev–Trinajstić information content (AvgIpc) is 2.82. The fourth-order valence-electron chi connectivity index (χ4n) is 5.53. The Kier molecular flexibility index (Phi) is 7.61. The molecule has 2 aromatic rings. The van der Waals surface area contributed by atoms with Crippen LogP contribution in [-0.4, -0.2) is 34.7 Å². The Morgan fingerprint density at radius 3 is 2.50 bits per heavy atom. The summed E-state index contributed by atoms with van der Waals surface area (Å²) in [5.74, 6) is 1.60. The van der Waals surface area contributed by atoms with Crippen molar-refractivity contribution in [1.82, 2.24) is 9.97 Å². The Morgan fingerprint density at radius 1 is 1.12 bits per heavy atom. The molecule has 1 aromatic heterocycles. The van der Waals surface area contributed by atoms with Gasteiger partial charge in [0, 0.05) is 18.7 Å². The Labute approximate surface area is 201 Å². The van der Waals surface area contributed by atoms with E-state index in [1.165, 1.54) is 38.5 Å². The summed E-state index contributed by atoms with van der Waals surface area (Å²) >= 11 is 12.6. The van der Waals surface area contributed by atoms with Gasteiger partial charge < -0.3 is 15.7 Å². The zero-order chi connectivity index (χ0) is 22.7. The molecule has 0 radical (unpaired) electrons. The number of rotatable bonds is 6. The van der Waals surface area contributed by atoms with Gasteiger partial charge in [0.25, 0.3) is 0 Å². The van der Waals surface area contributed by atoms with Gasteiger partial charge in [-0.15, -0.1) is 0 Å². The molecule has 0 atom stereocenters. The molecule has 0 spiro atoms. The van der Waals surface area contributed by atoms with Crippen LogP contribution in [0.2, 0.25) is 10.0 Å². The Bertz CT molecular complexity index is 938. The van der Waals surface area contributed by atoms with Gasteiger partial charge in [0.1, 0.15) is 5.69 Å². The van der Waals surface area contributed by atoms with Crippen LogP contribution in [0.4, 0.5) is 5.82 Å². The van der Waals surface area contributed by atoms with Gasteiger partial charge in [-0.3, -0.25) is 0 Å². The van der Waals surface area contributed by atoms with Crippen molar-refractivity contribution < 1.29 is 5.11 Å². The first-order valence-corrected chi connectivity index (χ1v) is 12.6. The topological polar surface area (TPSA) is 75.3 Å². The summed E-state index contributed by atoms with van der Waals surface area (Å²) in [5.41, 5.74) is 9.30. The number of nitrogens with zero attached hydrogens (tertiary/aromatic N) is 3. The standard InChI is InChI=1S/C25H34Cl2N4O/c1-17-23(19-8-5-9-20(26)22(19)27)30-21(15-32)24(29-17)31-12-10-25(16-28,11-13-31)14-18-6-3-2-4-7-18/h5,8-9,18,32H,2-4,6-7,10-16,28H2,1H3. The number of aromatic nitrogens is 2. The van der Waals surface area contributed by atoms with Crippen LogP contribution in [0, 0.1) is 18.3 Å². The Balaban J connectivity index is 1.54. The maximum Gasteiger partial charge on any atom is 0.153 e. The lowest BCUT2D eigenvalue weighted by Crippen LogP contribution is -2.45. The van der Waals surface area contributed by atoms with Crippen LogP contribution in [-0.2, 0) is 6.61 Å². The van der Waals surface area contributed by atoms with Gasteiger partial charge in [0.05, 0.1) is 28.0 Å². The summed E-state index contributed by atoms with van der Waals surface area (Å²) in [4.78, 5) is 11.9. The second-order valence-corrected chi connectivity index (χ2v) is 10.4. The Morgan fingerprint density at radius 2 is 1.84 bits per heavy atom. The van der Waals surface area contributed by atoms with E-state index in [0.717, 1.165) is 55.5 Å². The molecule has 1 aliphatic carbocycles. The summed E-state index contributed by atoms with van der Waals surface area (Å²) < 4.78 is 0.